The van der Waals surface area contributed by atoms with Crippen LogP contribution in [-0.2, 0) is 19.1 Å². The number of thioether (sulfide) groups is 1. The van der Waals surface area contributed by atoms with Crippen molar-refractivity contribution in [3.8, 4) is 11.8 Å². The van der Waals surface area contributed by atoms with Gasteiger partial charge in [0.25, 0.3) is 0 Å². The van der Waals surface area contributed by atoms with E-state index in [0.29, 0.717) is 17.9 Å². The van der Waals surface area contributed by atoms with E-state index in [-0.39, 0.29) is 16.4 Å². The fourth-order valence-electron chi connectivity index (χ4n) is 2.82. The van der Waals surface area contributed by atoms with Crippen molar-refractivity contribution in [3.63, 3.8) is 0 Å². The molecule has 0 aromatic heterocycles. The van der Waals surface area contributed by atoms with Crippen molar-refractivity contribution in [1.29, 1.82) is 5.26 Å². The maximum atomic E-state index is 12.6. The van der Waals surface area contributed by atoms with Gasteiger partial charge >= 0.3 is 5.97 Å². The maximum absolute atomic E-state index is 12.6. The molecule has 1 aromatic rings. The van der Waals surface area contributed by atoms with Crippen LogP contribution in [0.1, 0.15) is 18.4 Å². The zero-order valence-electron chi connectivity index (χ0n) is 14.9. The summed E-state index contributed by atoms with van der Waals surface area (Å²) in [6.07, 6.45) is 0. The third-order valence-corrected chi connectivity index (χ3v) is 4.94. The van der Waals surface area contributed by atoms with Gasteiger partial charge in [-0.15, -0.1) is 0 Å². The number of allylic oxidation sites excluding steroid dienone is 1. The van der Waals surface area contributed by atoms with Gasteiger partial charge in [-0.25, -0.2) is 0 Å². The molecule has 0 saturated heterocycles. The summed E-state index contributed by atoms with van der Waals surface area (Å²) in [6.45, 7) is 2.17. The van der Waals surface area contributed by atoms with Gasteiger partial charge in [0.1, 0.15) is 11.7 Å². The molecule has 2 amide bonds. The van der Waals surface area contributed by atoms with Crippen LogP contribution in [0.5, 0.6) is 5.75 Å². The molecule has 142 valence electrons. The molecule has 0 fully saturated rings. The predicted octanol–water partition coefficient (Wildman–Crippen LogP) is 1.04. The van der Waals surface area contributed by atoms with Crippen LogP contribution >= 0.6 is 11.8 Å². The molecule has 2 unspecified atom stereocenters. The lowest BCUT2D eigenvalue weighted by molar-refractivity contribution is -0.150. The van der Waals surface area contributed by atoms with Gasteiger partial charge in [-0.3, -0.25) is 14.4 Å². The molecule has 27 heavy (non-hydrogen) atoms. The summed E-state index contributed by atoms with van der Waals surface area (Å²) in [6, 6.07) is 8.92. The first-order valence-electron chi connectivity index (χ1n) is 8.10. The Morgan fingerprint density at radius 1 is 1.37 bits per heavy atom. The normalized spacial score (nSPS) is 19.1. The van der Waals surface area contributed by atoms with Crippen LogP contribution in [0, 0.1) is 17.2 Å². The van der Waals surface area contributed by atoms with Crippen molar-refractivity contribution < 1.29 is 23.9 Å². The average Bonchev–Trinajstić information content (AvgIpc) is 2.65. The highest BCUT2D eigenvalue weighted by Gasteiger charge is 2.45. The molecule has 1 heterocycles. The molecule has 1 aliphatic heterocycles. The van der Waals surface area contributed by atoms with Crippen molar-refractivity contribution in [2.75, 3.05) is 19.5 Å². The van der Waals surface area contributed by atoms with Gasteiger partial charge in [-0.05, 0) is 13.0 Å². The number of nitrogens with two attached hydrogens (primary N) is 1. The number of primary amides is 1. The number of carbonyl (C=O) groups excluding carboxylic acids is 3. The number of nitriles is 1. The van der Waals surface area contributed by atoms with Crippen LogP contribution in [0.25, 0.3) is 0 Å². The Labute approximate surface area is 160 Å². The Bertz CT molecular complexity index is 831. The number of nitrogens with one attached hydrogen (secondary N) is 1. The van der Waals surface area contributed by atoms with E-state index < -0.39 is 29.6 Å². The second-order valence-corrected chi connectivity index (χ2v) is 6.53. The van der Waals surface area contributed by atoms with E-state index in [2.05, 4.69) is 11.4 Å². The fraction of sp³-hybridized carbons (Fsp3) is 0.333. The molecular formula is C18H19N3O5S. The summed E-state index contributed by atoms with van der Waals surface area (Å²) < 4.78 is 10.4. The number of methoxy groups -OCH3 is 1. The lowest BCUT2D eigenvalue weighted by atomic mass is 9.78. The molecule has 9 heteroatoms. The van der Waals surface area contributed by atoms with Gasteiger partial charge < -0.3 is 20.5 Å². The average molecular weight is 389 g/mol. The van der Waals surface area contributed by atoms with Gasteiger partial charge in [0.05, 0.1) is 36.1 Å². The minimum absolute atomic E-state index is 0.122. The van der Waals surface area contributed by atoms with Crippen LogP contribution in [-0.4, -0.2) is 37.3 Å². The molecule has 0 saturated carbocycles. The number of hydrogen-bond acceptors (Lipinski definition) is 7. The Morgan fingerprint density at radius 3 is 2.67 bits per heavy atom. The molecule has 0 spiro atoms. The summed E-state index contributed by atoms with van der Waals surface area (Å²) >= 11 is 0.939. The van der Waals surface area contributed by atoms with Crippen molar-refractivity contribution in [2.45, 2.75) is 12.8 Å². The molecule has 8 nitrogen and oxygen atoms in total. The zero-order valence-corrected chi connectivity index (χ0v) is 15.7. The molecule has 2 atom stereocenters. The smallest absolute Gasteiger partial charge is 0.319 e. The lowest BCUT2D eigenvalue weighted by Gasteiger charge is -2.31. The molecule has 3 N–H and O–H groups in total. The van der Waals surface area contributed by atoms with Crippen LogP contribution in [0.15, 0.2) is 34.9 Å². The van der Waals surface area contributed by atoms with E-state index >= 15 is 0 Å². The van der Waals surface area contributed by atoms with E-state index in [0.717, 1.165) is 11.8 Å². The standard InChI is InChI=1S/C18H19N3O5S/c1-3-26-12-7-5-4-6-10(12)14-11(8-19)17(27-9-13(20)22)21-16(23)15(14)18(24)25-2/h4-7,14-15H,3,9H2,1-2H3,(H2,20,22)(H,21,23). The first kappa shape index (κ1) is 20.3. The highest BCUT2D eigenvalue weighted by atomic mass is 32.2. The zero-order chi connectivity index (χ0) is 20.0. The quantitative estimate of drug-likeness (QED) is 0.526. The summed E-state index contributed by atoms with van der Waals surface area (Å²) in [5.41, 5.74) is 5.82. The second kappa shape index (κ2) is 9.09. The van der Waals surface area contributed by atoms with Crippen molar-refractivity contribution in [2.24, 2.45) is 11.7 Å². The van der Waals surface area contributed by atoms with E-state index in [1.165, 1.54) is 7.11 Å². The van der Waals surface area contributed by atoms with Gasteiger partial charge in [0.15, 0.2) is 0 Å². The van der Waals surface area contributed by atoms with Crippen molar-refractivity contribution in [1.82, 2.24) is 5.32 Å². The molecule has 0 bridgehead atoms. The number of esters is 1. The van der Waals surface area contributed by atoms with Gasteiger partial charge in [-0.2, -0.15) is 5.26 Å². The van der Waals surface area contributed by atoms with Gasteiger partial charge in [0, 0.05) is 11.5 Å². The van der Waals surface area contributed by atoms with Crippen LogP contribution < -0.4 is 15.8 Å². The molecule has 0 aliphatic carbocycles. The Morgan fingerprint density at radius 2 is 2.07 bits per heavy atom. The number of nitrogens with zero attached hydrogens (tertiary/aromatic N) is 1. The monoisotopic (exact) mass is 389 g/mol. The van der Waals surface area contributed by atoms with Gasteiger partial charge in [-0.1, -0.05) is 30.0 Å². The largest absolute Gasteiger partial charge is 0.494 e. The van der Waals surface area contributed by atoms with Crippen LogP contribution in [0.3, 0.4) is 0 Å². The van der Waals surface area contributed by atoms with Crippen molar-refractivity contribution >= 4 is 29.5 Å². The number of carbonyl (C=O) groups is 3. The number of benzene rings is 1. The third kappa shape index (κ3) is 4.41. The summed E-state index contributed by atoms with van der Waals surface area (Å²) in [7, 11) is 1.17. The first-order chi connectivity index (χ1) is 12.9. The summed E-state index contributed by atoms with van der Waals surface area (Å²) in [5.74, 6) is -3.82. The first-order valence-corrected chi connectivity index (χ1v) is 9.08. The Hall–Kier alpha value is -2.99. The minimum Gasteiger partial charge on any atom is -0.494 e. The number of rotatable bonds is 7. The Kier molecular flexibility index (Phi) is 6.85. The molecular weight excluding hydrogens is 370 g/mol. The summed E-state index contributed by atoms with van der Waals surface area (Å²) in [4.78, 5) is 36.1. The Balaban J connectivity index is 2.65. The van der Waals surface area contributed by atoms with E-state index in [9.17, 15) is 19.6 Å². The third-order valence-electron chi connectivity index (χ3n) is 3.90. The molecule has 0 radical (unpaired) electrons. The lowest BCUT2D eigenvalue weighted by Crippen LogP contribution is -2.44. The fourth-order valence-corrected chi connectivity index (χ4v) is 3.61. The highest BCUT2D eigenvalue weighted by molar-refractivity contribution is 8.03. The van der Waals surface area contributed by atoms with E-state index in [1.54, 1.807) is 31.2 Å². The van der Waals surface area contributed by atoms with E-state index in [1.807, 2.05) is 0 Å². The molecule has 2 rings (SSSR count). The van der Waals surface area contributed by atoms with Gasteiger partial charge in [0.2, 0.25) is 11.8 Å². The number of para-hydroxylation sites is 1. The van der Waals surface area contributed by atoms with Crippen molar-refractivity contribution in [3.05, 3.63) is 40.4 Å². The topological polar surface area (TPSA) is 132 Å². The summed E-state index contributed by atoms with van der Waals surface area (Å²) in [5, 5.41) is 12.5. The van der Waals surface area contributed by atoms with Crippen LogP contribution in [0.4, 0.5) is 0 Å². The maximum Gasteiger partial charge on any atom is 0.319 e. The second-order valence-electron chi connectivity index (χ2n) is 5.55. The number of ether oxygens (including phenoxy) is 2. The SMILES string of the molecule is CCOc1ccccc1C1C(C#N)=C(SCC(N)=O)NC(=O)C1C(=O)OC. The minimum atomic E-state index is -1.26. The van der Waals surface area contributed by atoms with E-state index in [4.69, 9.17) is 15.2 Å². The molecule has 1 aliphatic rings. The van der Waals surface area contributed by atoms with Crippen LogP contribution in [0.2, 0.25) is 0 Å². The highest BCUT2D eigenvalue weighted by Crippen LogP contribution is 2.43. The number of amides is 2. The predicted molar refractivity (Wildman–Crippen MR) is 98.3 cm³/mol. The number of hydrogen-bond donors (Lipinski definition) is 2. The molecule has 1 aromatic carbocycles.